The van der Waals surface area contributed by atoms with Crippen LogP contribution in [0, 0.1) is 0 Å². The molecule has 4 aromatic carbocycles. The smallest absolute Gasteiger partial charge is 0.339 e. The quantitative estimate of drug-likeness (QED) is 0.172. The average molecular weight is 484 g/mol. The van der Waals surface area contributed by atoms with Crippen molar-refractivity contribution in [3.8, 4) is 5.75 Å². The lowest BCUT2D eigenvalue weighted by Gasteiger charge is -2.14. The molecule has 0 aliphatic rings. The molecule has 0 atom stereocenters. The third kappa shape index (κ3) is 4.85. The summed E-state index contributed by atoms with van der Waals surface area (Å²) in [6.45, 7) is 0. The molecule has 33 heavy (non-hydrogen) atoms. The molecule has 0 spiro atoms. The second-order valence-electron chi connectivity index (χ2n) is 6.88. The molecule has 0 bridgehead atoms. The van der Waals surface area contributed by atoms with E-state index >= 15 is 0 Å². The second-order valence-corrected chi connectivity index (χ2v) is 9.85. The number of nitrogens with two attached hydrogens (primary N) is 1. The van der Waals surface area contributed by atoms with Gasteiger partial charge in [0.05, 0.1) is 21.7 Å². The molecular weight excluding hydrogens is 466 g/mol. The SMILES string of the molecule is Nc1ccc(N=Nc2ccccc2)c2cc(S(=O)(=O)O)cc(OS(=O)(=O)c3ccccc3)c12. The summed E-state index contributed by atoms with van der Waals surface area (Å²) < 4.78 is 64.3. The highest BCUT2D eigenvalue weighted by Gasteiger charge is 2.23. The first kappa shape index (κ1) is 22.4. The molecule has 0 saturated heterocycles. The zero-order valence-corrected chi connectivity index (χ0v) is 18.5. The molecule has 0 aliphatic heterocycles. The van der Waals surface area contributed by atoms with E-state index in [4.69, 9.17) is 9.92 Å². The van der Waals surface area contributed by atoms with Crippen molar-refractivity contribution in [3.05, 3.63) is 84.9 Å². The maximum Gasteiger partial charge on any atom is 0.339 e. The van der Waals surface area contributed by atoms with Crippen molar-refractivity contribution in [2.75, 3.05) is 5.73 Å². The van der Waals surface area contributed by atoms with Crippen molar-refractivity contribution in [3.63, 3.8) is 0 Å². The van der Waals surface area contributed by atoms with Crippen LogP contribution in [0.3, 0.4) is 0 Å². The van der Waals surface area contributed by atoms with Gasteiger partial charge in [0.15, 0.2) is 5.75 Å². The molecular formula is C22H17N3O6S2. The van der Waals surface area contributed by atoms with E-state index in [1.807, 2.05) is 6.07 Å². The summed E-state index contributed by atoms with van der Waals surface area (Å²) in [5.74, 6) is -0.377. The van der Waals surface area contributed by atoms with Crippen LogP contribution in [-0.4, -0.2) is 21.4 Å². The Morgan fingerprint density at radius 2 is 1.39 bits per heavy atom. The van der Waals surface area contributed by atoms with E-state index in [0.29, 0.717) is 5.69 Å². The molecule has 3 N–H and O–H groups in total. The minimum atomic E-state index is -4.72. The number of fused-ring (bicyclic) bond motifs is 1. The van der Waals surface area contributed by atoms with Gasteiger partial charge in [-0.2, -0.15) is 21.9 Å². The molecule has 0 fully saturated rings. The summed E-state index contributed by atoms with van der Waals surface area (Å²) in [4.78, 5) is -0.732. The fraction of sp³-hybridized carbons (Fsp3) is 0. The van der Waals surface area contributed by atoms with Gasteiger partial charge in [-0.25, -0.2) is 0 Å². The van der Waals surface area contributed by atoms with Gasteiger partial charge in [-0.1, -0.05) is 36.4 Å². The molecule has 4 aromatic rings. The maximum atomic E-state index is 12.8. The van der Waals surface area contributed by atoms with E-state index in [1.54, 1.807) is 30.3 Å². The van der Waals surface area contributed by atoms with Crippen LogP contribution in [0.2, 0.25) is 0 Å². The first-order chi connectivity index (χ1) is 15.6. The Morgan fingerprint density at radius 1 is 0.758 bits per heavy atom. The van der Waals surface area contributed by atoms with Crippen molar-refractivity contribution in [2.24, 2.45) is 10.2 Å². The lowest BCUT2D eigenvalue weighted by Crippen LogP contribution is -2.11. The minimum absolute atomic E-state index is 0.103. The molecule has 0 radical (unpaired) electrons. The van der Waals surface area contributed by atoms with E-state index in [0.717, 1.165) is 12.1 Å². The van der Waals surface area contributed by atoms with Gasteiger partial charge < -0.3 is 9.92 Å². The van der Waals surface area contributed by atoms with Gasteiger partial charge in [0.25, 0.3) is 10.1 Å². The highest BCUT2D eigenvalue weighted by molar-refractivity contribution is 7.87. The monoisotopic (exact) mass is 483 g/mol. The van der Waals surface area contributed by atoms with Gasteiger partial charge in [0.1, 0.15) is 4.90 Å². The summed E-state index contributed by atoms with van der Waals surface area (Å²) >= 11 is 0. The number of azo groups is 1. The fourth-order valence-electron chi connectivity index (χ4n) is 3.09. The first-order valence-corrected chi connectivity index (χ1v) is 12.3. The van der Waals surface area contributed by atoms with E-state index < -0.39 is 25.1 Å². The Balaban J connectivity index is 1.94. The molecule has 0 aromatic heterocycles. The summed E-state index contributed by atoms with van der Waals surface area (Å²) in [7, 11) is -9.06. The van der Waals surface area contributed by atoms with Crippen LogP contribution in [0.4, 0.5) is 17.1 Å². The fourth-order valence-corrected chi connectivity index (χ4v) is 4.57. The van der Waals surface area contributed by atoms with Gasteiger partial charge >= 0.3 is 10.1 Å². The Bertz CT molecular complexity index is 1570. The Labute approximate surface area is 190 Å². The second kappa shape index (κ2) is 8.62. The summed E-state index contributed by atoms with van der Waals surface area (Å²) in [5, 5.41) is 8.50. The third-order valence-electron chi connectivity index (χ3n) is 4.62. The number of benzene rings is 4. The topological polar surface area (TPSA) is 148 Å². The lowest BCUT2D eigenvalue weighted by molar-refractivity contribution is 0.477. The first-order valence-electron chi connectivity index (χ1n) is 9.45. The highest BCUT2D eigenvalue weighted by Crippen LogP contribution is 2.40. The molecule has 0 aliphatic carbocycles. The van der Waals surface area contributed by atoms with Crippen LogP contribution in [-0.2, 0) is 20.2 Å². The Morgan fingerprint density at radius 3 is 2.03 bits per heavy atom. The van der Waals surface area contributed by atoms with Crippen LogP contribution >= 0.6 is 0 Å². The van der Waals surface area contributed by atoms with Crippen molar-refractivity contribution < 1.29 is 25.6 Å². The highest BCUT2D eigenvalue weighted by atomic mass is 32.2. The lowest BCUT2D eigenvalue weighted by atomic mass is 10.1. The number of nitrogen functional groups attached to an aromatic ring is 1. The molecule has 168 valence electrons. The standard InChI is InChI=1S/C22H17N3O6S2/c23-19-11-12-20(25-24-15-7-3-1-4-8-15)18-13-17(32(26,27)28)14-21(22(18)19)31-33(29,30)16-9-5-2-6-10-16/h1-14H,23H2,(H,26,27,28). The van der Waals surface area contributed by atoms with E-state index in [2.05, 4.69) is 10.2 Å². The van der Waals surface area contributed by atoms with Crippen LogP contribution < -0.4 is 9.92 Å². The predicted molar refractivity (Wildman–Crippen MR) is 123 cm³/mol. The molecule has 0 amide bonds. The largest absolute Gasteiger partial charge is 0.398 e. The number of hydrogen-bond donors (Lipinski definition) is 2. The number of rotatable bonds is 6. The molecule has 4 rings (SSSR count). The van der Waals surface area contributed by atoms with Gasteiger partial charge in [-0.15, -0.1) is 5.11 Å². The van der Waals surface area contributed by atoms with E-state index in [-0.39, 0.29) is 32.8 Å². The number of hydrogen-bond acceptors (Lipinski definition) is 8. The van der Waals surface area contributed by atoms with Gasteiger partial charge in [-0.05, 0) is 42.5 Å². The van der Waals surface area contributed by atoms with Crippen molar-refractivity contribution in [1.29, 1.82) is 0 Å². The molecule has 9 nitrogen and oxygen atoms in total. The zero-order chi connectivity index (χ0) is 23.6. The van der Waals surface area contributed by atoms with Gasteiger partial charge in [0, 0.05) is 17.1 Å². The Kier molecular flexibility index (Phi) is 5.85. The summed E-state index contributed by atoms with van der Waals surface area (Å²) in [6.07, 6.45) is 0. The normalized spacial score (nSPS) is 12.3. The average Bonchev–Trinajstić information content (AvgIpc) is 2.79. The van der Waals surface area contributed by atoms with Crippen molar-refractivity contribution in [1.82, 2.24) is 0 Å². The third-order valence-corrected chi connectivity index (χ3v) is 6.70. The zero-order valence-electron chi connectivity index (χ0n) is 16.9. The minimum Gasteiger partial charge on any atom is -0.398 e. The number of nitrogens with zero attached hydrogens (tertiary/aromatic N) is 2. The number of anilines is 1. The maximum absolute atomic E-state index is 12.8. The van der Waals surface area contributed by atoms with Crippen molar-refractivity contribution >= 4 is 48.1 Å². The molecule has 0 unspecified atom stereocenters. The molecule has 0 saturated carbocycles. The molecule has 0 heterocycles. The van der Waals surface area contributed by atoms with Crippen molar-refractivity contribution in [2.45, 2.75) is 9.79 Å². The van der Waals surface area contributed by atoms with Crippen LogP contribution in [0.15, 0.2) is 105 Å². The van der Waals surface area contributed by atoms with Gasteiger partial charge in [-0.3, -0.25) is 4.55 Å². The van der Waals surface area contributed by atoms with E-state index in [1.165, 1.54) is 36.4 Å². The summed E-state index contributed by atoms with van der Waals surface area (Å²) in [5.41, 5.74) is 6.93. The predicted octanol–water partition coefficient (Wildman–Crippen LogP) is 4.85. The van der Waals surface area contributed by atoms with E-state index in [9.17, 15) is 21.4 Å². The Hall–Kier alpha value is -3.80. The van der Waals surface area contributed by atoms with Crippen LogP contribution in [0.25, 0.3) is 10.8 Å². The van der Waals surface area contributed by atoms with Crippen LogP contribution in [0.5, 0.6) is 5.75 Å². The molecule has 11 heteroatoms. The van der Waals surface area contributed by atoms with Crippen LogP contribution in [0.1, 0.15) is 0 Å². The summed E-state index contributed by atoms with van der Waals surface area (Å²) in [6, 6.07) is 21.1. The van der Waals surface area contributed by atoms with Gasteiger partial charge in [0.2, 0.25) is 0 Å².